The van der Waals surface area contributed by atoms with Crippen LogP contribution in [0.4, 0.5) is 0 Å². The number of hydrogen-bond acceptors (Lipinski definition) is 5. The van der Waals surface area contributed by atoms with E-state index in [0.29, 0.717) is 18.7 Å². The molecule has 2 heterocycles. The van der Waals surface area contributed by atoms with Crippen LogP contribution in [-0.4, -0.2) is 54.0 Å². The predicted molar refractivity (Wildman–Crippen MR) is 110 cm³/mol. The Balaban J connectivity index is 1.60. The van der Waals surface area contributed by atoms with Crippen LogP contribution in [0.2, 0.25) is 0 Å². The molecule has 0 radical (unpaired) electrons. The molecule has 1 amide bonds. The molecule has 0 bridgehead atoms. The number of sulfonamides is 1. The normalized spacial score (nSPS) is 11.6. The van der Waals surface area contributed by atoms with E-state index in [9.17, 15) is 13.2 Å². The molecule has 0 saturated heterocycles. The number of amides is 1. The van der Waals surface area contributed by atoms with Gasteiger partial charge in [0.05, 0.1) is 17.1 Å². The summed E-state index contributed by atoms with van der Waals surface area (Å²) in [5.74, 6) is -0.268. The number of benzene rings is 1. The van der Waals surface area contributed by atoms with Crippen LogP contribution in [0.3, 0.4) is 0 Å². The second kappa shape index (κ2) is 8.54. The molecule has 0 aliphatic heterocycles. The quantitative estimate of drug-likeness (QED) is 0.638. The van der Waals surface area contributed by atoms with Crippen molar-refractivity contribution >= 4 is 15.9 Å². The molecule has 3 rings (SSSR count). The van der Waals surface area contributed by atoms with E-state index in [4.69, 9.17) is 0 Å². The topological polar surface area (TPSA) is 97.2 Å². The Morgan fingerprint density at radius 3 is 2.52 bits per heavy atom. The molecular formula is C20H23N5O3S. The standard InChI is InChI=1S/C20H23N5O3S/c1-15-13-19(17-5-4-10-21-14-17)23-25(15)12-11-22-20(26)16-6-8-18(9-7-16)29(27,28)24(2)3/h4-10,13-14H,11-12H2,1-3H3,(H,22,26). The highest BCUT2D eigenvalue weighted by molar-refractivity contribution is 7.89. The molecule has 0 saturated carbocycles. The van der Waals surface area contributed by atoms with E-state index in [1.165, 1.54) is 38.4 Å². The lowest BCUT2D eigenvalue weighted by Gasteiger charge is -2.12. The first kappa shape index (κ1) is 20.7. The molecule has 152 valence electrons. The lowest BCUT2D eigenvalue weighted by atomic mass is 10.2. The third-order valence-corrected chi connectivity index (χ3v) is 6.27. The highest BCUT2D eigenvalue weighted by atomic mass is 32.2. The first-order valence-electron chi connectivity index (χ1n) is 9.04. The Labute approximate surface area is 170 Å². The SMILES string of the molecule is Cc1cc(-c2cccnc2)nn1CCNC(=O)c1ccc(S(=O)(=O)N(C)C)cc1. The Bertz CT molecular complexity index is 1090. The van der Waals surface area contributed by atoms with Crippen LogP contribution in [-0.2, 0) is 16.6 Å². The Morgan fingerprint density at radius 2 is 1.90 bits per heavy atom. The molecule has 8 nitrogen and oxygen atoms in total. The van der Waals surface area contributed by atoms with Gasteiger partial charge in [0.25, 0.3) is 5.91 Å². The largest absolute Gasteiger partial charge is 0.350 e. The number of carbonyl (C=O) groups excluding carboxylic acids is 1. The molecule has 29 heavy (non-hydrogen) atoms. The minimum atomic E-state index is -3.51. The van der Waals surface area contributed by atoms with Crippen LogP contribution in [0.15, 0.2) is 59.8 Å². The summed E-state index contributed by atoms with van der Waals surface area (Å²) in [5.41, 5.74) is 3.15. The zero-order valence-corrected chi connectivity index (χ0v) is 17.3. The molecule has 1 N–H and O–H groups in total. The predicted octanol–water partition coefficient (Wildman–Crippen LogP) is 1.93. The van der Waals surface area contributed by atoms with E-state index in [0.717, 1.165) is 21.3 Å². The van der Waals surface area contributed by atoms with E-state index in [1.54, 1.807) is 12.4 Å². The zero-order valence-electron chi connectivity index (χ0n) is 16.5. The molecule has 9 heteroatoms. The van der Waals surface area contributed by atoms with Gasteiger partial charge in [-0.1, -0.05) is 0 Å². The number of nitrogens with zero attached hydrogens (tertiary/aromatic N) is 4. The Morgan fingerprint density at radius 1 is 1.17 bits per heavy atom. The number of carbonyl (C=O) groups is 1. The van der Waals surface area contributed by atoms with Gasteiger partial charge in [0.1, 0.15) is 0 Å². The molecule has 2 aromatic heterocycles. The van der Waals surface area contributed by atoms with Crippen LogP contribution in [0.5, 0.6) is 0 Å². The summed E-state index contributed by atoms with van der Waals surface area (Å²) in [6.45, 7) is 2.87. The second-order valence-electron chi connectivity index (χ2n) is 6.70. The number of hydrogen-bond donors (Lipinski definition) is 1. The van der Waals surface area contributed by atoms with Gasteiger partial charge in [-0.3, -0.25) is 14.5 Å². The molecule has 0 spiro atoms. The van der Waals surface area contributed by atoms with Crippen molar-refractivity contribution in [2.24, 2.45) is 0 Å². The summed E-state index contributed by atoms with van der Waals surface area (Å²) >= 11 is 0. The fraction of sp³-hybridized carbons (Fsp3) is 0.250. The maximum Gasteiger partial charge on any atom is 0.251 e. The lowest BCUT2D eigenvalue weighted by molar-refractivity contribution is 0.0951. The smallest absolute Gasteiger partial charge is 0.251 e. The fourth-order valence-corrected chi connectivity index (χ4v) is 3.66. The van der Waals surface area contributed by atoms with Crippen LogP contribution >= 0.6 is 0 Å². The van der Waals surface area contributed by atoms with Gasteiger partial charge < -0.3 is 5.32 Å². The maximum atomic E-state index is 12.3. The molecule has 1 aromatic carbocycles. The fourth-order valence-electron chi connectivity index (χ4n) is 2.76. The van der Waals surface area contributed by atoms with Crippen molar-refractivity contribution in [2.75, 3.05) is 20.6 Å². The third-order valence-electron chi connectivity index (χ3n) is 4.44. The molecule has 0 aliphatic carbocycles. The summed E-state index contributed by atoms with van der Waals surface area (Å²) in [7, 11) is -0.582. The average Bonchev–Trinajstić information content (AvgIpc) is 3.09. The van der Waals surface area contributed by atoms with E-state index in [-0.39, 0.29) is 10.8 Å². The highest BCUT2D eigenvalue weighted by Crippen LogP contribution is 2.17. The summed E-state index contributed by atoms with van der Waals surface area (Å²) in [5, 5.41) is 7.39. The first-order chi connectivity index (χ1) is 13.8. The first-order valence-corrected chi connectivity index (χ1v) is 10.5. The van der Waals surface area contributed by atoms with Gasteiger partial charge in [0.2, 0.25) is 10.0 Å². The zero-order chi connectivity index (χ0) is 21.0. The number of aryl methyl sites for hydroxylation is 1. The van der Waals surface area contributed by atoms with E-state index < -0.39 is 10.0 Å². The second-order valence-corrected chi connectivity index (χ2v) is 8.86. The van der Waals surface area contributed by atoms with Crippen molar-refractivity contribution in [3.05, 3.63) is 66.1 Å². The van der Waals surface area contributed by atoms with E-state index in [2.05, 4.69) is 15.4 Å². The molecular weight excluding hydrogens is 390 g/mol. The third kappa shape index (κ3) is 4.69. The Kier molecular flexibility index (Phi) is 6.09. The monoisotopic (exact) mass is 413 g/mol. The van der Waals surface area contributed by atoms with Gasteiger partial charge in [-0.05, 0) is 49.4 Å². The highest BCUT2D eigenvalue weighted by Gasteiger charge is 2.17. The molecule has 0 aliphatic rings. The molecule has 3 aromatic rings. The van der Waals surface area contributed by atoms with Gasteiger partial charge in [0.15, 0.2) is 0 Å². The van der Waals surface area contributed by atoms with Gasteiger partial charge in [-0.25, -0.2) is 12.7 Å². The maximum absolute atomic E-state index is 12.3. The van der Waals surface area contributed by atoms with E-state index >= 15 is 0 Å². The van der Waals surface area contributed by atoms with Crippen molar-refractivity contribution < 1.29 is 13.2 Å². The van der Waals surface area contributed by atoms with Crippen LogP contribution in [0.25, 0.3) is 11.3 Å². The molecule has 0 fully saturated rings. The average molecular weight is 414 g/mol. The van der Waals surface area contributed by atoms with Gasteiger partial charge in [-0.2, -0.15) is 5.10 Å². The van der Waals surface area contributed by atoms with Crippen molar-refractivity contribution in [1.82, 2.24) is 24.4 Å². The van der Waals surface area contributed by atoms with Crippen molar-refractivity contribution in [3.8, 4) is 11.3 Å². The van der Waals surface area contributed by atoms with Crippen LogP contribution in [0.1, 0.15) is 16.1 Å². The lowest BCUT2D eigenvalue weighted by Crippen LogP contribution is -2.28. The van der Waals surface area contributed by atoms with Crippen LogP contribution in [0, 0.1) is 6.92 Å². The molecule has 0 unspecified atom stereocenters. The summed E-state index contributed by atoms with van der Waals surface area (Å²) in [4.78, 5) is 16.6. The van der Waals surface area contributed by atoms with Gasteiger partial charge >= 0.3 is 0 Å². The molecule has 0 atom stereocenters. The van der Waals surface area contributed by atoms with Crippen LogP contribution < -0.4 is 5.32 Å². The van der Waals surface area contributed by atoms with E-state index in [1.807, 2.05) is 29.8 Å². The Hall–Kier alpha value is -3.04. The van der Waals surface area contributed by atoms with Gasteiger partial charge in [-0.15, -0.1) is 0 Å². The number of rotatable bonds is 7. The number of aromatic nitrogens is 3. The van der Waals surface area contributed by atoms with Crippen molar-refractivity contribution in [3.63, 3.8) is 0 Å². The number of pyridine rings is 1. The summed E-state index contributed by atoms with van der Waals surface area (Å²) < 4.78 is 27.1. The minimum absolute atomic E-state index is 0.147. The summed E-state index contributed by atoms with van der Waals surface area (Å²) in [6, 6.07) is 11.7. The summed E-state index contributed by atoms with van der Waals surface area (Å²) in [6.07, 6.45) is 3.47. The minimum Gasteiger partial charge on any atom is -0.350 e. The van der Waals surface area contributed by atoms with Gasteiger partial charge in [0, 0.05) is 49.9 Å². The van der Waals surface area contributed by atoms with Crippen molar-refractivity contribution in [1.29, 1.82) is 0 Å². The number of nitrogens with one attached hydrogen (secondary N) is 1. The van der Waals surface area contributed by atoms with Crippen molar-refractivity contribution in [2.45, 2.75) is 18.4 Å².